The summed E-state index contributed by atoms with van der Waals surface area (Å²) in [5, 5.41) is 12.1. The Kier molecular flexibility index (Phi) is 3.29. The molecule has 0 aromatic heterocycles. The highest BCUT2D eigenvalue weighted by Gasteiger charge is 2.40. The van der Waals surface area contributed by atoms with Crippen molar-refractivity contribution in [3.05, 3.63) is 0 Å². The average Bonchev–Trinajstić information content (AvgIpc) is 3.01. The van der Waals surface area contributed by atoms with Crippen molar-refractivity contribution in [1.82, 2.24) is 5.32 Å². The lowest BCUT2D eigenvalue weighted by Crippen LogP contribution is -2.31. The molecule has 2 rings (SSSR count). The minimum atomic E-state index is -0.697. The van der Waals surface area contributed by atoms with Gasteiger partial charge in [0.15, 0.2) is 0 Å². The molecule has 0 heterocycles. The summed E-state index contributed by atoms with van der Waals surface area (Å²) in [5.74, 6) is 1.78. The van der Waals surface area contributed by atoms with Crippen molar-refractivity contribution in [2.24, 2.45) is 23.7 Å². The molecule has 3 nitrogen and oxygen atoms in total. The van der Waals surface area contributed by atoms with Crippen LogP contribution in [0.1, 0.15) is 32.6 Å². The molecular formula is C12H21NO2. The molecule has 0 spiro atoms. The Morgan fingerprint density at radius 2 is 1.80 bits per heavy atom. The number of aliphatic carboxylic acids is 1. The van der Waals surface area contributed by atoms with Gasteiger partial charge in [0.05, 0.1) is 5.92 Å². The van der Waals surface area contributed by atoms with Crippen LogP contribution in [0.3, 0.4) is 0 Å². The maximum Gasteiger partial charge on any atom is 0.307 e. The summed E-state index contributed by atoms with van der Waals surface area (Å²) in [4.78, 5) is 10.6. The second-order valence-electron chi connectivity index (χ2n) is 5.24. The van der Waals surface area contributed by atoms with Crippen molar-refractivity contribution in [2.45, 2.75) is 32.6 Å². The van der Waals surface area contributed by atoms with Crippen LogP contribution in [0.2, 0.25) is 0 Å². The lowest BCUT2D eigenvalue weighted by atomic mass is 9.98. The van der Waals surface area contributed by atoms with Crippen molar-refractivity contribution in [3.63, 3.8) is 0 Å². The fourth-order valence-corrected chi connectivity index (χ4v) is 2.32. The zero-order valence-electron chi connectivity index (χ0n) is 9.41. The van der Waals surface area contributed by atoms with Crippen LogP contribution in [0.25, 0.3) is 0 Å². The predicted octanol–water partition coefficient (Wildman–Crippen LogP) is 1.73. The predicted molar refractivity (Wildman–Crippen MR) is 58.6 cm³/mol. The van der Waals surface area contributed by atoms with Gasteiger partial charge in [0.1, 0.15) is 0 Å². The van der Waals surface area contributed by atoms with Crippen LogP contribution in [0.5, 0.6) is 0 Å². The molecule has 86 valence electrons. The molecule has 2 aliphatic rings. The van der Waals surface area contributed by atoms with Gasteiger partial charge in [-0.05, 0) is 50.0 Å². The molecule has 2 N–H and O–H groups in total. The van der Waals surface area contributed by atoms with Gasteiger partial charge in [-0.3, -0.25) is 4.79 Å². The van der Waals surface area contributed by atoms with E-state index in [1.807, 2.05) is 0 Å². The first-order valence-corrected chi connectivity index (χ1v) is 6.12. The normalized spacial score (nSPS) is 23.1. The van der Waals surface area contributed by atoms with Crippen LogP contribution in [0.4, 0.5) is 0 Å². The number of nitrogens with one attached hydrogen (secondary N) is 1. The van der Waals surface area contributed by atoms with Crippen LogP contribution in [-0.2, 0) is 4.79 Å². The van der Waals surface area contributed by atoms with E-state index in [2.05, 4.69) is 5.32 Å². The first kappa shape index (κ1) is 10.9. The third-order valence-corrected chi connectivity index (χ3v) is 3.71. The molecule has 0 saturated heterocycles. The molecule has 3 heteroatoms. The highest BCUT2D eigenvalue weighted by atomic mass is 16.4. The smallest absolute Gasteiger partial charge is 0.307 e. The molecule has 2 saturated carbocycles. The lowest BCUT2D eigenvalue weighted by molar-refractivity contribution is -0.140. The van der Waals surface area contributed by atoms with Crippen molar-refractivity contribution in [1.29, 1.82) is 0 Å². The minimum absolute atomic E-state index is 0.260. The van der Waals surface area contributed by atoms with Gasteiger partial charge in [-0.2, -0.15) is 0 Å². The lowest BCUT2D eigenvalue weighted by Gasteiger charge is -2.17. The first-order chi connectivity index (χ1) is 7.18. The Labute approximate surface area is 91.2 Å². The number of carboxylic acid groups (broad SMARTS) is 1. The number of rotatable bonds is 7. The Morgan fingerprint density at radius 3 is 2.20 bits per heavy atom. The van der Waals surface area contributed by atoms with Crippen LogP contribution < -0.4 is 5.32 Å². The van der Waals surface area contributed by atoms with Gasteiger partial charge in [0.25, 0.3) is 0 Å². The molecule has 0 aromatic carbocycles. The Bertz CT molecular complexity index is 222. The largest absolute Gasteiger partial charge is 0.481 e. The van der Waals surface area contributed by atoms with E-state index in [1.54, 1.807) is 6.92 Å². The fraction of sp³-hybridized carbons (Fsp3) is 0.917. The topological polar surface area (TPSA) is 49.3 Å². The van der Waals surface area contributed by atoms with E-state index in [9.17, 15) is 4.79 Å². The fourth-order valence-electron chi connectivity index (χ4n) is 2.32. The summed E-state index contributed by atoms with van der Waals surface area (Å²) in [5.41, 5.74) is 0. The highest BCUT2D eigenvalue weighted by Crippen LogP contribution is 2.48. The Hall–Kier alpha value is -0.570. The van der Waals surface area contributed by atoms with Gasteiger partial charge in [-0.1, -0.05) is 6.92 Å². The molecule has 1 atom stereocenters. The van der Waals surface area contributed by atoms with Crippen LogP contribution in [-0.4, -0.2) is 24.2 Å². The molecule has 0 aromatic rings. The second kappa shape index (κ2) is 4.52. The molecule has 2 aliphatic carbocycles. The van der Waals surface area contributed by atoms with E-state index in [0.29, 0.717) is 6.54 Å². The summed E-state index contributed by atoms with van der Waals surface area (Å²) in [6, 6.07) is 0. The monoisotopic (exact) mass is 211 g/mol. The molecule has 2 fully saturated rings. The van der Waals surface area contributed by atoms with Crippen molar-refractivity contribution >= 4 is 5.97 Å². The van der Waals surface area contributed by atoms with E-state index in [-0.39, 0.29) is 5.92 Å². The van der Waals surface area contributed by atoms with Gasteiger partial charge in [-0.25, -0.2) is 0 Å². The summed E-state index contributed by atoms with van der Waals surface area (Å²) in [7, 11) is 0. The van der Waals surface area contributed by atoms with Gasteiger partial charge >= 0.3 is 5.97 Å². The highest BCUT2D eigenvalue weighted by molar-refractivity contribution is 5.69. The average molecular weight is 211 g/mol. The molecule has 15 heavy (non-hydrogen) atoms. The third kappa shape index (κ3) is 3.20. The van der Waals surface area contributed by atoms with Crippen LogP contribution in [0.15, 0.2) is 0 Å². The van der Waals surface area contributed by atoms with E-state index < -0.39 is 5.97 Å². The quantitative estimate of drug-likeness (QED) is 0.674. The van der Waals surface area contributed by atoms with Gasteiger partial charge in [0, 0.05) is 6.54 Å². The second-order valence-corrected chi connectivity index (χ2v) is 5.24. The summed E-state index contributed by atoms with van der Waals surface area (Å²) in [6.45, 7) is 3.41. The summed E-state index contributed by atoms with van der Waals surface area (Å²) >= 11 is 0. The Balaban J connectivity index is 1.65. The number of hydrogen-bond donors (Lipinski definition) is 2. The van der Waals surface area contributed by atoms with Gasteiger partial charge in [0.2, 0.25) is 0 Å². The zero-order chi connectivity index (χ0) is 10.8. The van der Waals surface area contributed by atoms with Crippen LogP contribution >= 0.6 is 0 Å². The third-order valence-electron chi connectivity index (χ3n) is 3.71. The van der Waals surface area contributed by atoms with E-state index in [4.69, 9.17) is 5.11 Å². The van der Waals surface area contributed by atoms with Crippen molar-refractivity contribution < 1.29 is 9.90 Å². The maximum atomic E-state index is 10.6. The SMILES string of the molecule is CC(CNCC(C1CC1)C1CC1)C(=O)O. The van der Waals surface area contributed by atoms with Gasteiger partial charge < -0.3 is 10.4 Å². The molecular weight excluding hydrogens is 190 g/mol. The molecule has 0 radical (unpaired) electrons. The zero-order valence-corrected chi connectivity index (χ0v) is 9.41. The minimum Gasteiger partial charge on any atom is -0.481 e. The van der Waals surface area contributed by atoms with E-state index in [0.717, 1.165) is 24.3 Å². The maximum absolute atomic E-state index is 10.6. The summed E-state index contributed by atoms with van der Waals surface area (Å²) < 4.78 is 0. The number of hydrogen-bond acceptors (Lipinski definition) is 2. The van der Waals surface area contributed by atoms with Crippen molar-refractivity contribution in [2.75, 3.05) is 13.1 Å². The summed E-state index contributed by atoms with van der Waals surface area (Å²) in [6.07, 6.45) is 5.60. The van der Waals surface area contributed by atoms with Crippen molar-refractivity contribution in [3.8, 4) is 0 Å². The van der Waals surface area contributed by atoms with E-state index >= 15 is 0 Å². The molecule has 1 unspecified atom stereocenters. The number of carbonyl (C=O) groups is 1. The first-order valence-electron chi connectivity index (χ1n) is 6.12. The van der Waals surface area contributed by atoms with Crippen LogP contribution in [0, 0.1) is 23.7 Å². The molecule has 0 amide bonds. The van der Waals surface area contributed by atoms with Gasteiger partial charge in [-0.15, -0.1) is 0 Å². The standard InChI is InChI=1S/C12H21NO2/c1-8(12(14)15)6-13-7-11(9-2-3-9)10-4-5-10/h8-11,13H,2-7H2,1H3,(H,14,15). The van der Waals surface area contributed by atoms with E-state index in [1.165, 1.54) is 25.7 Å². The number of carboxylic acids is 1. The Morgan fingerprint density at radius 1 is 1.27 bits per heavy atom. The molecule has 0 bridgehead atoms. The molecule has 0 aliphatic heterocycles.